The zero-order chi connectivity index (χ0) is 17.6. The molecule has 0 aliphatic heterocycles. The molecule has 0 aromatic rings. The molecule has 0 radical (unpaired) electrons. The summed E-state index contributed by atoms with van der Waals surface area (Å²) in [5, 5.41) is 36.6. The van der Waals surface area contributed by atoms with Gasteiger partial charge in [0.25, 0.3) is 0 Å². The Hall–Kier alpha value is -2.41. The van der Waals surface area contributed by atoms with Crippen molar-refractivity contribution in [1.29, 1.82) is 0 Å². The maximum absolute atomic E-state index is 10.7. The number of aliphatic hydroxyl groups is 1. The van der Waals surface area contributed by atoms with Crippen molar-refractivity contribution >= 4 is 17.9 Å². The number of carbonyl (C=O) groups is 3. The highest BCUT2D eigenvalue weighted by Gasteiger charge is 2.42. The summed E-state index contributed by atoms with van der Waals surface area (Å²) in [6.45, 7) is 4.36. The van der Waals surface area contributed by atoms with Gasteiger partial charge >= 0.3 is 17.9 Å². The first-order valence-corrected chi connectivity index (χ1v) is 6.37. The summed E-state index contributed by atoms with van der Waals surface area (Å²) >= 11 is 0. The van der Waals surface area contributed by atoms with Gasteiger partial charge in [0.2, 0.25) is 0 Å². The van der Waals surface area contributed by atoms with Crippen molar-refractivity contribution in [3.05, 3.63) is 36.5 Å². The summed E-state index contributed by atoms with van der Waals surface area (Å²) in [4.78, 5) is 32.1. The Bertz CT molecular complexity index is 498. The summed E-state index contributed by atoms with van der Waals surface area (Å²) in [5.74, 6) is -4.57. The molecule has 0 saturated heterocycles. The molecule has 0 aliphatic carbocycles. The third-order valence-corrected chi connectivity index (χ3v) is 3.48. The van der Waals surface area contributed by atoms with Crippen molar-refractivity contribution in [2.45, 2.75) is 26.4 Å². The average Bonchev–Trinajstić information content (AvgIpc) is 2.33. The zero-order valence-corrected chi connectivity index (χ0v) is 12.6. The lowest BCUT2D eigenvalue weighted by atomic mass is 9.66. The van der Waals surface area contributed by atoms with Crippen LogP contribution in [0.25, 0.3) is 0 Å². The fourth-order valence-electron chi connectivity index (χ4n) is 1.80. The predicted octanol–water partition coefficient (Wildman–Crippen LogP) is 1.30. The topological polar surface area (TPSA) is 132 Å². The first-order valence-electron chi connectivity index (χ1n) is 6.37. The fourth-order valence-corrected chi connectivity index (χ4v) is 1.80. The number of allylic oxidation sites excluding steroid dienone is 2. The van der Waals surface area contributed by atoms with E-state index < -0.39 is 34.8 Å². The minimum atomic E-state index is -1.45. The monoisotopic (exact) mass is 312 g/mol. The van der Waals surface area contributed by atoms with Gasteiger partial charge in [-0.05, 0) is 13.8 Å². The lowest BCUT2D eigenvalue weighted by Gasteiger charge is -2.42. The van der Waals surface area contributed by atoms with Crippen molar-refractivity contribution in [3.8, 4) is 0 Å². The molecule has 7 nitrogen and oxygen atoms in total. The minimum Gasteiger partial charge on any atom is -0.478 e. The summed E-state index contributed by atoms with van der Waals surface area (Å²) in [6.07, 6.45) is 6.08. The van der Waals surface area contributed by atoms with Crippen LogP contribution in [0.15, 0.2) is 36.5 Å². The molecule has 1 unspecified atom stereocenters. The quantitative estimate of drug-likeness (QED) is 0.496. The van der Waals surface area contributed by atoms with Crippen molar-refractivity contribution in [1.82, 2.24) is 0 Å². The van der Waals surface area contributed by atoms with Crippen LogP contribution in [-0.4, -0.2) is 43.9 Å². The lowest BCUT2D eigenvalue weighted by Crippen LogP contribution is -2.44. The molecular formula is C15H20O7. The van der Waals surface area contributed by atoms with Gasteiger partial charge in [-0.1, -0.05) is 25.2 Å². The molecular weight excluding hydrogens is 292 g/mol. The molecule has 7 heteroatoms. The second-order valence-corrected chi connectivity index (χ2v) is 5.43. The third-order valence-electron chi connectivity index (χ3n) is 3.48. The molecule has 0 fully saturated rings. The Balaban J connectivity index is 5.98. The molecule has 22 heavy (non-hydrogen) atoms. The van der Waals surface area contributed by atoms with E-state index in [0.29, 0.717) is 0 Å². The van der Waals surface area contributed by atoms with Crippen molar-refractivity contribution in [2.24, 2.45) is 11.3 Å². The Kier molecular flexibility index (Phi) is 6.73. The molecule has 0 saturated carbocycles. The Labute approximate surface area is 127 Å². The van der Waals surface area contributed by atoms with E-state index in [1.807, 2.05) is 0 Å². The third kappa shape index (κ3) is 5.92. The van der Waals surface area contributed by atoms with Gasteiger partial charge in [-0.15, -0.1) is 0 Å². The number of hydrogen-bond donors (Lipinski definition) is 4. The Morgan fingerprint density at radius 3 is 1.45 bits per heavy atom. The maximum Gasteiger partial charge on any atom is 0.327 e. The highest BCUT2D eigenvalue weighted by Crippen LogP contribution is 2.41. The molecule has 0 amide bonds. The van der Waals surface area contributed by atoms with Crippen LogP contribution in [0.2, 0.25) is 0 Å². The van der Waals surface area contributed by atoms with Gasteiger partial charge < -0.3 is 20.4 Å². The summed E-state index contributed by atoms with van der Waals surface area (Å²) < 4.78 is 0. The van der Waals surface area contributed by atoms with Crippen molar-refractivity contribution < 1.29 is 34.8 Å². The SMILES string of the molecule is CC(C)(O)C(C)(C=CC(=O)O)C(C=CC(=O)O)C=CC(=O)O. The minimum absolute atomic E-state index is 0.815. The van der Waals surface area contributed by atoms with E-state index in [1.165, 1.54) is 39.0 Å². The summed E-state index contributed by atoms with van der Waals surface area (Å²) in [6, 6.07) is 0. The molecule has 0 rings (SSSR count). The number of carboxylic acid groups (broad SMARTS) is 3. The van der Waals surface area contributed by atoms with Crippen LogP contribution in [0, 0.1) is 11.3 Å². The predicted molar refractivity (Wildman–Crippen MR) is 78.2 cm³/mol. The zero-order valence-electron chi connectivity index (χ0n) is 12.6. The summed E-state index contributed by atoms with van der Waals surface area (Å²) in [5.41, 5.74) is -2.70. The standard InChI is InChI=1S/C15H20O7/c1-14(2,22)15(3,9-8-13(20)21)10(4-6-11(16)17)5-7-12(18)19/h4-10,22H,1-3H3,(H,16,17)(H,18,19)(H,20,21). The fraction of sp³-hybridized carbons (Fsp3) is 0.400. The van der Waals surface area contributed by atoms with Gasteiger partial charge in [-0.3, -0.25) is 0 Å². The molecule has 0 aliphatic rings. The molecule has 122 valence electrons. The highest BCUT2D eigenvalue weighted by molar-refractivity contribution is 5.81. The van der Waals surface area contributed by atoms with Crippen LogP contribution in [-0.2, 0) is 14.4 Å². The molecule has 0 bridgehead atoms. The van der Waals surface area contributed by atoms with Gasteiger partial charge in [0.05, 0.1) is 5.60 Å². The van der Waals surface area contributed by atoms with Gasteiger partial charge in [0.1, 0.15) is 0 Å². The second-order valence-electron chi connectivity index (χ2n) is 5.43. The van der Waals surface area contributed by atoms with Crippen LogP contribution < -0.4 is 0 Å². The molecule has 0 aromatic heterocycles. The maximum atomic E-state index is 10.7. The average molecular weight is 312 g/mol. The highest BCUT2D eigenvalue weighted by atomic mass is 16.4. The molecule has 0 heterocycles. The smallest absolute Gasteiger partial charge is 0.327 e. The number of carboxylic acids is 3. The largest absolute Gasteiger partial charge is 0.478 e. The van der Waals surface area contributed by atoms with Crippen LogP contribution >= 0.6 is 0 Å². The van der Waals surface area contributed by atoms with Gasteiger partial charge in [0, 0.05) is 29.6 Å². The van der Waals surface area contributed by atoms with Crippen LogP contribution in [0.3, 0.4) is 0 Å². The van der Waals surface area contributed by atoms with E-state index in [1.54, 1.807) is 0 Å². The Morgan fingerprint density at radius 2 is 1.18 bits per heavy atom. The van der Waals surface area contributed by atoms with E-state index in [-0.39, 0.29) is 0 Å². The van der Waals surface area contributed by atoms with Gasteiger partial charge in [-0.2, -0.15) is 0 Å². The first-order chi connectivity index (χ1) is 9.90. The molecule has 0 aromatic carbocycles. The van der Waals surface area contributed by atoms with Crippen molar-refractivity contribution in [3.63, 3.8) is 0 Å². The van der Waals surface area contributed by atoms with Gasteiger partial charge in [-0.25, -0.2) is 14.4 Å². The molecule has 0 spiro atoms. The number of aliphatic carboxylic acids is 3. The second kappa shape index (κ2) is 7.56. The Morgan fingerprint density at radius 1 is 0.818 bits per heavy atom. The molecule has 1 atom stereocenters. The van der Waals surface area contributed by atoms with Crippen LogP contribution in [0.4, 0.5) is 0 Å². The van der Waals surface area contributed by atoms with Gasteiger partial charge in [0.15, 0.2) is 0 Å². The van der Waals surface area contributed by atoms with E-state index in [0.717, 1.165) is 18.2 Å². The van der Waals surface area contributed by atoms with E-state index in [2.05, 4.69) is 0 Å². The lowest BCUT2D eigenvalue weighted by molar-refractivity contribution is -0.132. The summed E-state index contributed by atoms with van der Waals surface area (Å²) in [7, 11) is 0. The number of rotatable bonds is 8. The first kappa shape index (κ1) is 19.6. The molecule has 4 N–H and O–H groups in total. The number of hydrogen-bond acceptors (Lipinski definition) is 4. The van der Waals surface area contributed by atoms with Crippen molar-refractivity contribution in [2.75, 3.05) is 0 Å². The van der Waals surface area contributed by atoms with E-state index in [9.17, 15) is 19.5 Å². The normalized spacial score (nSPS) is 16.9. The van der Waals surface area contributed by atoms with E-state index in [4.69, 9.17) is 15.3 Å². The van der Waals surface area contributed by atoms with Crippen LogP contribution in [0.5, 0.6) is 0 Å². The van der Waals surface area contributed by atoms with E-state index >= 15 is 0 Å². The van der Waals surface area contributed by atoms with Crippen LogP contribution in [0.1, 0.15) is 20.8 Å².